The Labute approximate surface area is 206 Å². The first-order chi connectivity index (χ1) is 17.2. The van der Waals surface area contributed by atoms with Gasteiger partial charge in [0.25, 0.3) is 5.56 Å². The molecule has 188 valence electrons. The number of benzene rings is 2. The maximum Gasteiger partial charge on any atom is 0.387 e. The lowest BCUT2D eigenvalue weighted by atomic mass is 10.1. The minimum atomic E-state index is -2.50. The van der Waals surface area contributed by atoms with Crippen molar-refractivity contribution in [2.75, 3.05) is 11.9 Å². The molecule has 3 rings (SSSR count). The number of nitrogens with one attached hydrogen (secondary N) is 3. The number of halogens is 1. The molecule has 0 aliphatic heterocycles. The Morgan fingerprint density at radius 2 is 1.86 bits per heavy atom. The van der Waals surface area contributed by atoms with Gasteiger partial charge in [-0.15, -0.1) is 0 Å². The van der Waals surface area contributed by atoms with E-state index >= 15 is 0 Å². The number of esters is 1. The van der Waals surface area contributed by atoms with Crippen LogP contribution in [0.25, 0.3) is 0 Å². The highest BCUT2D eigenvalue weighted by atomic mass is 19.1. The first kappa shape index (κ1) is 26.1. The summed E-state index contributed by atoms with van der Waals surface area (Å²) in [5.74, 6) is -5.40. The van der Waals surface area contributed by atoms with Crippen LogP contribution >= 0.6 is 0 Å². The number of pyridine rings is 1. The number of carbonyl (C=O) groups excluding carboxylic acids is 2. The molecule has 0 saturated heterocycles. The number of aromatic nitrogens is 1. The molecule has 0 fully saturated rings. The number of hydrogen-bond acceptors (Lipinski definition) is 7. The molecule has 1 aromatic heterocycles. The summed E-state index contributed by atoms with van der Waals surface area (Å²) in [6.07, 6.45) is 1.25. The summed E-state index contributed by atoms with van der Waals surface area (Å²) in [5.41, 5.74) is 5.65. The van der Waals surface area contributed by atoms with E-state index < -0.39 is 29.2 Å². The molecule has 36 heavy (non-hydrogen) atoms. The lowest BCUT2D eigenvalue weighted by Gasteiger charge is -2.32. The van der Waals surface area contributed by atoms with Gasteiger partial charge in [0, 0.05) is 36.5 Å². The largest absolute Gasteiger partial charge is 0.405 e. The highest BCUT2D eigenvalue weighted by Crippen LogP contribution is 2.22. The van der Waals surface area contributed by atoms with Crippen molar-refractivity contribution in [3.63, 3.8) is 0 Å². The number of nitrogens with zero attached hydrogens (tertiary/aromatic N) is 1. The molecular formula is C25H26FN5O5. The monoisotopic (exact) mass is 495 g/mol. The van der Waals surface area contributed by atoms with E-state index in [0.29, 0.717) is 5.69 Å². The molecule has 1 amide bonds. The van der Waals surface area contributed by atoms with Gasteiger partial charge < -0.3 is 25.8 Å². The third-order valence-corrected chi connectivity index (χ3v) is 5.03. The third-order valence-electron chi connectivity index (χ3n) is 5.03. The van der Waals surface area contributed by atoms with Crippen molar-refractivity contribution in [1.29, 1.82) is 5.41 Å². The number of para-hydroxylation sites is 1. The molecule has 0 aliphatic rings. The average Bonchev–Trinajstić information content (AvgIpc) is 2.84. The highest BCUT2D eigenvalue weighted by Gasteiger charge is 2.47. The van der Waals surface area contributed by atoms with Crippen LogP contribution in [-0.2, 0) is 31.5 Å². The number of ether oxygens (including phenoxy) is 2. The van der Waals surface area contributed by atoms with E-state index in [9.17, 15) is 18.8 Å². The first-order valence-corrected chi connectivity index (χ1v) is 11.0. The van der Waals surface area contributed by atoms with Crippen LogP contribution in [0.2, 0.25) is 0 Å². The molecule has 10 nitrogen and oxygen atoms in total. The minimum absolute atomic E-state index is 0.0772. The molecule has 1 atom stereocenters. The van der Waals surface area contributed by atoms with E-state index in [1.165, 1.54) is 30.5 Å². The van der Waals surface area contributed by atoms with Crippen molar-refractivity contribution < 1.29 is 23.5 Å². The van der Waals surface area contributed by atoms with Gasteiger partial charge in [-0.1, -0.05) is 30.3 Å². The second-order valence-corrected chi connectivity index (χ2v) is 7.60. The molecule has 2 aromatic carbocycles. The Morgan fingerprint density at radius 3 is 2.47 bits per heavy atom. The summed E-state index contributed by atoms with van der Waals surface area (Å²) in [7, 11) is 0. The summed E-state index contributed by atoms with van der Waals surface area (Å²) in [4.78, 5) is 38.8. The Morgan fingerprint density at radius 1 is 1.14 bits per heavy atom. The second kappa shape index (κ2) is 11.3. The zero-order chi connectivity index (χ0) is 26.3. The van der Waals surface area contributed by atoms with Crippen LogP contribution in [0.5, 0.6) is 0 Å². The van der Waals surface area contributed by atoms with Crippen LogP contribution in [-0.4, -0.2) is 28.9 Å². The standard InChI is InChI=1S/C25H26FN5O5/c1-3-35-25(36-16(2)32,24(34)29-15-18-12-11-17(22(27)28)14-20(18)26)31-13-7-10-21(23(31)33)30-19-8-5-4-6-9-19/h4-14,30H,3,15H2,1-2H3,(H3,27,28)(H,29,34). The van der Waals surface area contributed by atoms with Crippen LogP contribution in [0.1, 0.15) is 25.0 Å². The minimum Gasteiger partial charge on any atom is -0.405 e. The number of hydrogen-bond donors (Lipinski definition) is 4. The van der Waals surface area contributed by atoms with Crippen LogP contribution in [0.3, 0.4) is 0 Å². The van der Waals surface area contributed by atoms with Gasteiger partial charge in [0.05, 0.1) is 6.61 Å². The van der Waals surface area contributed by atoms with Crippen molar-refractivity contribution >= 4 is 29.1 Å². The maximum absolute atomic E-state index is 14.5. The second-order valence-electron chi connectivity index (χ2n) is 7.60. The van der Waals surface area contributed by atoms with Crippen molar-refractivity contribution in [2.45, 2.75) is 26.3 Å². The molecule has 0 saturated carbocycles. The van der Waals surface area contributed by atoms with Gasteiger partial charge in [-0.2, -0.15) is 0 Å². The molecule has 11 heteroatoms. The van der Waals surface area contributed by atoms with Gasteiger partial charge in [0.15, 0.2) is 0 Å². The summed E-state index contributed by atoms with van der Waals surface area (Å²) in [6, 6.07) is 15.7. The Bertz CT molecular complexity index is 1330. The van der Waals surface area contributed by atoms with E-state index in [0.717, 1.165) is 17.6 Å². The number of amidine groups is 1. The fraction of sp³-hybridized carbons (Fsp3) is 0.200. The normalized spacial score (nSPS) is 12.3. The predicted molar refractivity (Wildman–Crippen MR) is 131 cm³/mol. The number of amides is 1. The van der Waals surface area contributed by atoms with E-state index in [1.807, 2.05) is 6.07 Å². The van der Waals surface area contributed by atoms with Crippen molar-refractivity contribution in [3.8, 4) is 0 Å². The molecule has 0 aliphatic carbocycles. The quantitative estimate of drug-likeness (QED) is 0.146. The van der Waals surface area contributed by atoms with Gasteiger partial charge in [-0.05, 0) is 37.3 Å². The topological polar surface area (TPSA) is 149 Å². The molecule has 1 unspecified atom stereocenters. The lowest BCUT2D eigenvalue weighted by molar-refractivity contribution is -0.264. The number of nitrogens with two attached hydrogens (primary N) is 1. The molecule has 0 spiro atoms. The van der Waals surface area contributed by atoms with Gasteiger partial charge in [-0.3, -0.25) is 19.8 Å². The van der Waals surface area contributed by atoms with Gasteiger partial charge in [-0.25, -0.2) is 8.96 Å². The number of carbonyl (C=O) groups is 2. The summed E-state index contributed by atoms with van der Waals surface area (Å²) >= 11 is 0. The molecule has 1 heterocycles. The predicted octanol–water partition coefficient (Wildman–Crippen LogP) is 2.54. The van der Waals surface area contributed by atoms with Crippen LogP contribution < -0.4 is 21.9 Å². The van der Waals surface area contributed by atoms with Crippen molar-refractivity contribution in [2.24, 2.45) is 5.73 Å². The van der Waals surface area contributed by atoms with Gasteiger partial charge in [0.1, 0.15) is 17.3 Å². The Balaban J connectivity index is 1.99. The SMILES string of the molecule is CCOC(OC(C)=O)(C(=O)NCc1ccc(C(=N)N)cc1F)n1cccc(Nc2ccccc2)c1=O. The Kier molecular flexibility index (Phi) is 8.18. The molecule has 5 N–H and O–H groups in total. The zero-order valence-corrected chi connectivity index (χ0v) is 19.7. The summed E-state index contributed by atoms with van der Waals surface area (Å²) in [6.45, 7) is 2.20. The molecule has 0 bridgehead atoms. The average molecular weight is 496 g/mol. The van der Waals surface area contributed by atoms with E-state index in [-0.39, 0.29) is 35.8 Å². The lowest BCUT2D eigenvalue weighted by Crippen LogP contribution is -2.56. The highest BCUT2D eigenvalue weighted by molar-refractivity contribution is 5.95. The maximum atomic E-state index is 14.5. The summed E-state index contributed by atoms with van der Waals surface area (Å²) in [5, 5.41) is 12.8. The zero-order valence-electron chi connectivity index (χ0n) is 19.7. The van der Waals surface area contributed by atoms with E-state index in [4.69, 9.17) is 20.6 Å². The smallest absolute Gasteiger partial charge is 0.387 e. The van der Waals surface area contributed by atoms with Gasteiger partial charge in [0.2, 0.25) is 0 Å². The van der Waals surface area contributed by atoms with Crippen LogP contribution in [0, 0.1) is 11.2 Å². The summed E-state index contributed by atoms with van der Waals surface area (Å²) < 4.78 is 26.2. The Hall–Kier alpha value is -4.51. The first-order valence-electron chi connectivity index (χ1n) is 11.0. The number of anilines is 2. The molecular weight excluding hydrogens is 469 g/mol. The van der Waals surface area contributed by atoms with Gasteiger partial charge >= 0.3 is 17.8 Å². The third kappa shape index (κ3) is 5.76. The fourth-order valence-corrected chi connectivity index (χ4v) is 3.40. The number of rotatable bonds is 10. The molecule has 0 radical (unpaired) electrons. The number of nitrogen functional groups attached to an aromatic ring is 1. The van der Waals surface area contributed by atoms with E-state index in [2.05, 4.69) is 10.6 Å². The van der Waals surface area contributed by atoms with Crippen molar-refractivity contribution in [1.82, 2.24) is 9.88 Å². The van der Waals surface area contributed by atoms with Crippen molar-refractivity contribution in [3.05, 3.63) is 94.2 Å². The fourth-order valence-electron chi connectivity index (χ4n) is 3.40. The van der Waals surface area contributed by atoms with Crippen LogP contribution in [0.4, 0.5) is 15.8 Å². The van der Waals surface area contributed by atoms with Crippen LogP contribution in [0.15, 0.2) is 71.7 Å². The molecule has 3 aromatic rings. The van der Waals surface area contributed by atoms with E-state index in [1.54, 1.807) is 31.2 Å².